The second-order valence-electron chi connectivity index (χ2n) is 6.77. The monoisotopic (exact) mass is 312 g/mol. The molecule has 0 aromatic carbocycles. The van der Waals surface area contributed by atoms with Crippen molar-refractivity contribution in [2.24, 2.45) is 0 Å². The molecule has 0 bridgehead atoms. The van der Waals surface area contributed by atoms with E-state index in [1.807, 2.05) is 0 Å². The van der Waals surface area contributed by atoms with Crippen LogP contribution in [0.4, 0.5) is 0 Å². The molecule has 0 aromatic heterocycles. The maximum atomic E-state index is 5.53. The molecule has 0 N–H and O–H groups in total. The molecule has 2 aliphatic rings. The molecule has 2 saturated heterocycles. The molecular weight excluding hydrogens is 276 g/mol. The van der Waals surface area contributed by atoms with Crippen molar-refractivity contribution in [1.82, 2.24) is 9.80 Å². The molecule has 0 aromatic rings. The summed E-state index contributed by atoms with van der Waals surface area (Å²) in [4.78, 5) is 5.27. The largest absolute Gasteiger partial charge is 0.379 e. The van der Waals surface area contributed by atoms with Gasteiger partial charge in [-0.05, 0) is 6.42 Å². The molecule has 0 aliphatic carbocycles. The van der Waals surface area contributed by atoms with Crippen molar-refractivity contribution in [3.05, 3.63) is 0 Å². The van der Waals surface area contributed by atoms with E-state index in [1.165, 1.54) is 51.5 Å². The van der Waals surface area contributed by atoms with E-state index in [9.17, 15) is 0 Å². The van der Waals surface area contributed by atoms with E-state index in [0.29, 0.717) is 6.04 Å². The fourth-order valence-electron chi connectivity index (χ4n) is 3.57. The molecule has 2 aliphatic heterocycles. The molecule has 2 heterocycles. The lowest BCUT2D eigenvalue weighted by Gasteiger charge is -2.38. The average molecular weight is 312 g/mol. The second kappa shape index (κ2) is 11.4. The van der Waals surface area contributed by atoms with Gasteiger partial charge in [0.25, 0.3) is 0 Å². The third-order valence-corrected chi connectivity index (χ3v) is 5.03. The smallest absolute Gasteiger partial charge is 0.0594 e. The Labute approximate surface area is 137 Å². The van der Waals surface area contributed by atoms with Crippen LogP contribution in [0.15, 0.2) is 0 Å². The molecule has 0 amide bonds. The van der Waals surface area contributed by atoms with Gasteiger partial charge in [-0.2, -0.15) is 0 Å². The summed E-state index contributed by atoms with van der Waals surface area (Å²) in [6.45, 7) is 11.6. The molecule has 4 nitrogen and oxygen atoms in total. The Morgan fingerprint density at radius 2 is 1.36 bits per heavy atom. The highest BCUT2D eigenvalue weighted by Gasteiger charge is 2.23. The summed E-state index contributed by atoms with van der Waals surface area (Å²) < 4.78 is 11.0. The summed E-state index contributed by atoms with van der Waals surface area (Å²) in [7, 11) is 0. The van der Waals surface area contributed by atoms with E-state index in [2.05, 4.69) is 16.7 Å². The van der Waals surface area contributed by atoms with Crippen molar-refractivity contribution in [1.29, 1.82) is 0 Å². The van der Waals surface area contributed by atoms with E-state index in [0.717, 1.165) is 52.6 Å². The summed E-state index contributed by atoms with van der Waals surface area (Å²) >= 11 is 0. The van der Waals surface area contributed by atoms with E-state index in [1.54, 1.807) is 0 Å². The summed E-state index contributed by atoms with van der Waals surface area (Å²) in [5, 5.41) is 0. The van der Waals surface area contributed by atoms with Crippen molar-refractivity contribution in [2.45, 2.75) is 57.9 Å². The van der Waals surface area contributed by atoms with Crippen LogP contribution in [0.25, 0.3) is 0 Å². The minimum absolute atomic E-state index is 0.716. The van der Waals surface area contributed by atoms with Crippen molar-refractivity contribution < 1.29 is 9.47 Å². The van der Waals surface area contributed by atoms with Crippen molar-refractivity contribution in [3.63, 3.8) is 0 Å². The highest BCUT2D eigenvalue weighted by molar-refractivity contribution is 4.78. The minimum atomic E-state index is 0.716. The number of nitrogens with zero attached hydrogens (tertiary/aromatic N) is 2. The highest BCUT2D eigenvalue weighted by atomic mass is 16.5. The predicted octanol–water partition coefficient (Wildman–Crippen LogP) is 2.77. The van der Waals surface area contributed by atoms with Crippen molar-refractivity contribution in [2.75, 3.05) is 59.2 Å². The van der Waals surface area contributed by atoms with Gasteiger partial charge in [-0.25, -0.2) is 0 Å². The Morgan fingerprint density at radius 3 is 2.05 bits per heavy atom. The lowest BCUT2D eigenvalue weighted by molar-refractivity contribution is -0.0114. The summed E-state index contributed by atoms with van der Waals surface area (Å²) in [6, 6.07) is 0.716. The summed E-state index contributed by atoms with van der Waals surface area (Å²) in [5.74, 6) is 0. The van der Waals surface area contributed by atoms with E-state index >= 15 is 0 Å². The topological polar surface area (TPSA) is 24.9 Å². The first-order valence-electron chi connectivity index (χ1n) is 9.52. The third-order valence-electron chi connectivity index (χ3n) is 5.03. The standard InChI is InChI=1S/C18H36N2O2/c1-2-3-4-5-6-7-8-18(20-11-15-22-16-12-20)17-19-9-13-21-14-10-19/h18H,2-17H2,1H3/t18-/m1/s1. The fraction of sp³-hybridized carbons (Fsp3) is 1.00. The second-order valence-corrected chi connectivity index (χ2v) is 6.77. The van der Waals surface area contributed by atoms with Gasteiger partial charge in [0, 0.05) is 38.8 Å². The SMILES string of the molecule is CCCCCCCC[C@H](CN1CCOCC1)N1CCOCC1. The average Bonchev–Trinajstić information content (AvgIpc) is 2.58. The van der Waals surface area contributed by atoms with Crippen molar-refractivity contribution in [3.8, 4) is 0 Å². The molecule has 0 radical (unpaired) electrons. The molecule has 2 fully saturated rings. The predicted molar refractivity (Wildman–Crippen MR) is 91.4 cm³/mol. The Kier molecular flexibility index (Phi) is 9.41. The number of hydrogen-bond donors (Lipinski definition) is 0. The van der Waals surface area contributed by atoms with Crippen molar-refractivity contribution >= 4 is 0 Å². The molecular formula is C18H36N2O2. The van der Waals surface area contributed by atoms with Gasteiger partial charge >= 0.3 is 0 Å². The first-order chi connectivity index (χ1) is 10.9. The van der Waals surface area contributed by atoms with Gasteiger partial charge in [0.15, 0.2) is 0 Å². The molecule has 22 heavy (non-hydrogen) atoms. The molecule has 0 unspecified atom stereocenters. The quantitative estimate of drug-likeness (QED) is 0.579. The number of hydrogen-bond acceptors (Lipinski definition) is 4. The van der Waals surface area contributed by atoms with Crippen LogP contribution in [0.2, 0.25) is 0 Å². The Morgan fingerprint density at radius 1 is 0.773 bits per heavy atom. The Bertz CT molecular complexity index is 264. The molecule has 0 saturated carbocycles. The Balaban J connectivity index is 1.71. The number of ether oxygens (including phenoxy) is 2. The fourth-order valence-corrected chi connectivity index (χ4v) is 3.57. The maximum Gasteiger partial charge on any atom is 0.0594 e. The highest BCUT2D eigenvalue weighted by Crippen LogP contribution is 2.16. The Hall–Kier alpha value is -0.160. The number of rotatable bonds is 10. The van der Waals surface area contributed by atoms with Crippen LogP contribution < -0.4 is 0 Å². The zero-order chi connectivity index (χ0) is 15.5. The maximum absolute atomic E-state index is 5.53. The minimum Gasteiger partial charge on any atom is -0.379 e. The zero-order valence-corrected chi connectivity index (χ0v) is 14.6. The summed E-state index contributed by atoms with van der Waals surface area (Å²) in [5.41, 5.74) is 0. The van der Waals surface area contributed by atoms with Gasteiger partial charge in [-0.1, -0.05) is 45.4 Å². The van der Waals surface area contributed by atoms with Gasteiger partial charge in [0.05, 0.1) is 26.4 Å². The molecule has 1 atom stereocenters. The lowest BCUT2D eigenvalue weighted by atomic mass is 10.0. The van der Waals surface area contributed by atoms with Gasteiger partial charge < -0.3 is 9.47 Å². The molecule has 4 heteroatoms. The first kappa shape index (κ1) is 18.2. The summed E-state index contributed by atoms with van der Waals surface area (Å²) in [6.07, 6.45) is 9.72. The van der Waals surface area contributed by atoms with Gasteiger partial charge in [-0.15, -0.1) is 0 Å². The van der Waals surface area contributed by atoms with E-state index in [-0.39, 0.29) is 0 Å². The lowest BCUT2D eigenvalue weighted by Crippen LogP contribution is -2.50. The van der Waals surface area contributed by atoms with Crippen LogP contribution >= 0.6 is 0 Å². The van der Waals surface area contributed by atoms with Crippen LogP contribution in [0.3, 0.4) is 0 Å². The van der Waals surface area contributed by atoms with Crippen LogP contribution in [-0.4, -0.2) is 75.0 Å². The molecule has 0 spiro atoms. The van der Waals surface area contributed by atoms with Crippen LogP contribution in [0.1, 0.15) is 51.9 Å². The van der Waals surface area contributed by atoms with Gasteiger partial charge in [0.1, 0.15) is 0 Å². The number of unbranched alkanes of at least 4 members (excludes halogenated alkanes) is 5. The van der Waals surface area contributed by atoms with E-state index in [4.69, 9.17) is 9.47 Å². The first-order valence-corrected chi connectivity index (χ1v) is 9.52. The van der Waals surface area contributed by atoms with Crippen LogP contribution in [-0.2, 0) is 9.47 Å². The zero-order valence-electron chi connectivity index (χ0n) is 14.6. The van der Waals surface area contributed by atoms with Crippen LogP contribution in [0, 0.1) is 0 Å². The van der Waals surface area contributed by atoms with E-state index < -0.39 is 0 Å². The van der Waals surface area contributed by atoms with Crippen LogP contribution in [0.5, 0.6) is 0 Å². The molecule has 2 rings (SSSR count). The van der Waals surface area contributed by atoms with Gasteiger partial charge in [0.2, 0.25) is 0 Å². The molecule has 130 valence electrons. The normalized spacial score (nSPS) is 22.8. The number of morpholine rings is 2. The third kappa shape index (κ3) is 6.95. The van der Waals surface area contributed by atoms with Gasteiger partial charge in [-0.3, -0.25) is 9.80 Å².